The number of carbonyl (C=O) groups excluding carboxylic acids is 1. The molecule has 1 fully saturated rings. The molecule has 1 aliphatic heterocycles. The summed E-state index contributed by atoms with van der Waals surface area (Å²) in [4.78, 5) is 20.5. The topological polar surface area (TPSA) is 54.9 Å². The van der Waals surface area contributed by atoms with Gasteiger partial charge >= 0.3 is 6.03 Å². The van der Waals surface area contributed by atoms with E-state index >= 15 is 0 Å². The van der Waals surface area contributed by atoms with Crippen LogP contribution in [0.1, 0.15) is 5.56 Å². The van der Waals surface area contributed by atoms with E-state index in [1.807, 2.05) is 30.3 Å². The monoisotopic (exact) mass is 391 g/mol. The van der Waals surface area contributed by atoms with Crippen molar-refractivity contribution in [2.45, 2.75) is 6.54 Å². The van der Waals surface area contributed by atoms with E-state index in [2.05, 4.69) is 20.9 Å². The van der Waals surface area contributed by atoms with Gasteiger partial charge in [-0.1, -0.05) is 12.1 Å². The number of amides is 2. The molecule has 0 atom stereocenters. The predicted octanol–water partition coefficient (Wildman–Crippen LogP) is 3.30. The van der Waals surface area contributed by atoms with Crippen molar-refractivity contribution in [1.82, 2.24) is 9.88 Å². The SMILES string of the molecule is COc1cccc(CN2CCN(c3ccc(Br)c(OC)n3)C2=O)c1. The molecule has 3 rings (SSSR count). The van der Waals surface area contributed by atoms with E-state index in [1.165, 1.54) is 0 Å². The van der Waals surface area contributed by atoms with Crippen molar-refractivity contribution in [3.05, 3.63) is 46.4 Å². The molecular formula is C17H18BrN3O3. The zero-order chi connectivity index (χ0) is 17.1. The van der Waals surface area contributed by atoms with E-state index in [4.69, 9.17) is 9.47 Å². The van der Waals surface area contributed by atoms with Crippen LogP contribution in [0.4, 0.5) is 10.6 Å². The smallest absolute Gasteiger partial charge is 0.326 e. The largest absolute Gasteiger partial charge is 0.497 e. The van der Waals surface area contributed by atoms with Gasteiger partial charge in [-0.2, -0.15) is 4.98 Å². The quantitative estimate of drug-likeness (QED) is 0.784. The minimum absolute atomic E-state index is 0.0605. The van der Waals surface area contributed by atoms with E-state index in [0.717, 1.165) is 15.8 Å². The summed E-state index contributed by atoms with van der Waals surface area (Å²) >= 11 is 3.37. The number of rotatable bonds is 5. The first-order valence-corrected chi connectivity index (χ1v) is 8.31. The number of halogens is 1. The number of anilines is 1. The fraction of sp³-hybridized carbons (Fsp3) is 0.294. The van der Waals surface area contributed by atoms with Gasteiger partial charge in [-0.05, 0) is 45.8 Å². The summed E-state index contributed by atoms with van der Waals surface area (Å²) in [5.41, 5.74) is 1.03. The van der Waals surface area contributed by atoms with Crippen molar-refractivity contribution >= 4 is 27.8 Å². The summed E-state index contributed by atoms with van der Waals surface area (Å²) < 4.78 is 11.2. The molecule has 0 aliphatic carbocycles. The third-order valence-electron chi connectivity index (χ3n) is 3.87. The molecule has 2 heterocycles. The summed E-state index contributed by atoms with van der Waals surface area (Å²) in [5, 5.41) is 0. The minimum atomic E-state index is -0.0605. The van der Waals surface area contributed by atoms with E-state index < -0.39 is 0 Å². The van der Waals surface area contributed by atoms with Crippen LogP contribution in [0.2, 0.25) is 0 Å². The fourth-order valence-electron chi connectivity index (χ4n) is 2.64. The van der Waals surface area contributed by atoms with Gasteiger partial charge in [0.1, 0.15) is 11.6 Å². The van der Waals surface area contributed by atoms with Crippen LogP contribution in [0, 0.1) is 0 Å². The van der Waals surface area contributed by atoms with Crippen LogP contribution in [0.15, 0.2) is 40.9 Å². The third kappa shape index (κ3) is 3.31. The first kappa shape index (κ1) is 16.6. The van der Waals surface area contributed by atoms with Crippen LogP contribution in [-0.4, -0.2) is 43.2 Å². The lowest BCUT2D eigenvalue weighted by molar-refractivity contribution is 0.218. The Balaban J connectivity index is 1.75. The van der Waals surface area contributed by atoms with Crippen molar-refractivity contribution in [2.24, 2.45) is 0 Å². The normalized spacial score (nSPS) is 14.2. The number of aromatic nitrogens is 1. The molecule has 1 aromatic carbocycles. The number of hydrogen-bond donors (Lipinski definition) is 0. The van der Waals surface area contributed by atoms with Gasteiger partial charge in [0.25, 0.3) is 0 Å². The number of carbonyl (C=O) groups is 1. The summed E-state index contributed by atoms with van der Waals surface area (Å²) in [6.07, 6.45) is 0. The molecule has 126 valence electrons. The second-order valence-corrected chi connectivity index (χ2v) is 6.22. The van der Waals surface area contributed by atoms with Gasteiger partial charge in [0.15, 0.2) is 0 Å². The van der Waals surface area contributed by atoms with E-state index in [1.54, 1.807) is 30.1 Å². The second-order valence-electron chi connectivity index (χ2n) is 5.37. The highest BCUT2D eigenvalue weighted by molar-refractivity contribution is 9.10. The number of ether oxygens (including phenoxy) is 2. The van der Waals surface area contributed by atoms with Gasteiger partial charge in [-0.15, -0.1) is 0 Å². The maximum absolute atomic E-state index is 12.7. The molecule has 0 saturated carbocycles. The Hall–Kier alpha value is -2.28. The van der Waals surface area contributed by atoms with Gasteiger partial charge in [-0.3, -0.25) is 4.90 Å². The third-order valence-corrected chi connectivity index (χ3v) is 4.48. The average molecular weight is 392 g/mol. The molecule has 2 amide bonds. The molecule has 7 heteroatoms. The number of benzene rings is 1. The fourth-order valence-corrected chi connectivity index (χ4v) is 3.02. The van der Waals surface area contributed by atoms with Crippen molar-refractivity contribution in [2.75, 3.05) is 32.2 Å². The van der Waals surface area contributed by atoms with Crippen LogP contribution in [0.25, 0.3) is 0 Å². The maximum Gasteiger partial charge on any atom is 0.326 e. The van der Waals surface area contributed by atoms with E-state index in [9.17, 15) is 4.79 Å². The van der Waals surface area contributed by atoms with Gasteiger partial charge in [0.2, 0.25) is 5.88 Å². The van der Waals surface area contributed by atoms with Gasteiger partial charge < -0.3 is 14.4 Å². The van der Waals surface area contributed by atoms with E-state index in [-0.39, 0.29) is 6.03 Å². The van der Waals surface area contributed by atoms with Crippen LogP contribution in [-0.2, 0) is 6.54 Å². The lowest BCUT2D eigenvalue weighted by atomic mass is 10.2. The Morgan fingerprint density at radius 1 is 1.17 bits per heavy atom. The highest BCUT2D eigenvalue weighted by Crippen LogP contribution is 2.28. The van der Waals surface area contributed by atoms with Gasteiger partial charge in [-0.25, -0.2) is 4.79 Å². The number of nitrogens with zero attached hydrogens (tertiary/aromatic N) is 3. The standard InChI is InChI=1S/C17H18BrN3O3/c1-23-13-5-3-4-12(10-13)11-20-8-9-21(17(20)22)15-7-6-14(18)16(19-15)24-2/h3-7,10H,8-9,11H2,1-2H3. The highest BCUT2D eigenvalue weighted by Gasteiger charge is 2.30. The minimum Gasteiger partial charge on any atom is -0.497 e. The van der Waals surface area contributed by atoms with Crippen LogP contribution in [0.3, 0.4) is 0 Å². The average Bonchev–Trinajstić information content (AvgIpc) is 2.96. The zero-order valence-corrected chi connectivity index (χ0v) is 15.1. The summed E-state index contributed by atoms with van der Waals surface area (Å²) in [6, 6.07) is 11.3. The molecule has 0 radical (unpaired) electrons. The number of pyridine rings is 1. The van der Waals surface area contributed by atoms with Crippen molar-refractivity contribution in [1.29, 1.82) is 0 Å². The first-order chi connectivity index (χ1) is 11.6. The number of urea groups is 1. The zero-order valence-electron chi connectivity index (χ0n) is 13.5. The van der Waals surface area contributed by atoms with Gasteiger partial charge in [0.05, 0.1) is 18.7 Å². The molecule has 1 aromatic heterocycles. The summed E-state index contributed by atoms with van der Waals surface area (Å²) in [5.74, 6) is 1.84. The Bertz CT molecular complexity index is 754. The van der Waals surface area contributed by atoms with Crippen molar-refractivity contribution in [3.63, 3.8) is 0 Å². The molecule has 1 saturated heterocycles. The molecule has 6 nitrogen and oxygen atoms in total. The molecular weight excluding hydrogens is 374 g/mol. The summed E-state index contributed by atoms with van der Waals surface area (Å²) in [6.45, 7) is 1.79. The highest BCUT2D eigenvalue weighted by atomic mass is 79.9. The number of hydrogen-bond acceptors (Lipinski definition) is 4. The second kappa shape index (κ2) is 7.09. The Kier molecular flexibility index (Phi) is 4.89. The van der Waals surface area contributed by atoms with Crippen molar-refractivity contribution in [3.8, 4) is 11.6 Å². The van der Waals surface area contributed by atoms with E-state index in [0.29, 0.717) is 31.3 Å². The lowest BCUT2D eigenvalue weighted by Gasteiger charge is -2.19. The molecule has 0 N–H and O–H groups in total. The van der Waals surface area contributed by atoms with Crippen LogP contribution in [0.5, 0.6) is 11.6 Å². The molecule has 2 aromatic rings. The molecule has 0 spiro atoms. The predicted molar refractivity (Wildman–Crippen MR) is 94.6 cm³/mol. The summed E-state index contributed by atoms with van der Waals surface area (Å²) in [7, 11) is 3.19. The Labute approximate surface area is 149 Å². The molecule has 0 unspecified atom stereocenters. The van der Waals surface area contributed by atoms with Gasteiger partial charge in [0, 0.05) is 19.6 Å². The van der Waals surface area contributed by atoms with Crippen LogP contribution >= 0.6 is 15.9 Å². The van der Waals surface area contributed by atoms with Crippen molar-refractivity contribution < 1.29 is 14.3 Å². The molecule has 1 aliphatic rings. The Morgan fingerprint density at radius 3 is 2.75 bits per heavy atom. The number of methoxy groups -OCH3 is 2. The molecule has 24 heavy (non-hydrogen) atoms. The van der Waals surface area contributed by atoms with Crippen LogP contribution < -0.4 is 14.4 Å². The molecule has 0 bridgehead atoms. The Morgan fingerprint density at radius 2 is 2.00 bits per heavy atom. The maximum atomic E-state index is 12.7. The first-order valence-electron chi connectivity index (χ1n) is 7.52. The lowest BCUT2D eigenvalue weighted by Crippen LogP contribution is -2.32.